The third-order valence-corrected chi connectivity index (χ3v) is 1.65. The Labute approximate surface area is 79.7 Å². The first-order chi connectivity index (χ1) is 5.52. The standard InChI is InChI=1S/C8H6Cl2O2/c9-8(10,12)7(11)6-4-2-1-3-5-6/h1-5,12H. The van der Waals surface area contributed by atoms with Gasteiger partial charge in [-0.1, -0.05) is 53.5 Å². The average molecular weight is 205 g/mol. The van der Waals surface area contributed by atoms with Crippen LogP contribution in [0.1, 0.15) is 10.4 Å². The van der Waals surface area contributed by atoms with Crippen LogP contribution in [0.2, 0.25) is 0 Å². The topological polar surface area (TPSA) is 37.3 Å². The zero-order valence-electron chi connectivity index (χ0n) is 6.00. The molecule has 1 aromatic carbocycles. The number of halogens is 2. The Kier molecular flexibility index (Phi) is 2.73. The highest BCUT2D eigenvalue weighted by atomic mass is 35.5. The molecule has 64 valence electrons. The molecule has 1 rings (SSSR count). The zero-order valence-corrected chi connectivity index (χ0v) is 7.51. The Morgan fingerprint density at radius 2 is 1.75 bits per heavy atom. The van der Waals surface area contributed by atoms with Gasteiger partial charge in [-0.05, 0) is 0 Å². The van der Waals surface area contributed by atoms with Crippen LogP contribution in [0, 0.1) is 0 Å². The molecular weight excluding hydrogens is 199 g/mol. The number of hydrogen-bond acceptors (Lipinski definition) is 2. The van der Waals surface area contributed by atoms with Gasteiger partial charge in [0.2, 0.25) is 5.78 Å². The second-order valence-corrected chi connectivity index (χ2v) is 3.52. The summed E-state index contributed by atoms with van der Waals surface area (Å²) in [4.78, 5) is 11.2. The molecule has 12 heavy (non-hydrogen) atoms. The summed E-state index contributed by atoms with van der Waals surface area (Å²) in [7, 11) is 0. The maximum absolute atomic E-state index is 11.2. The summed E-state index contributed by atoms with van der Waals surface area (Å²) < 4.78 is -2.33. The lowest BCUT2D eigenvalue weighted by atomic mass is 10.1. The van der Waals surface area contributed by atoms with Crippen LogP contribution in [0.3, 0.4) is 0 Å². The van der Waals surface area contributed by atoms with Crippen LogP contribution < -0.4 is 0 Å². The number of alkyl halides is 2. The minimum absolute atomic E-state index is 0.282. The molecule has 0 aliphatic carbocycles. The first-order valence-corrected chi connectivity index (χ1v) is 3.97. The van der Waals surface area contributed by atoms with Gasteiger partial charge in [0.1, 0.15) is 0 Å². The summed E-state index contributed by atoms with van der Waals surface area (Å²) in [5.74, 6) is -0.716. The molecule has 0 aliphatic rings. The van der Waals surface area contributed by atoms with Crippen molar-refractivity contribution in [3.8, 4) is 0 Å². The van der Waals surface area contributed by atoms with E-state index < -0.39 is 10.3 Å². The van der Waals surface area contributed by atoms with E-state index in [1.165, 1.54) is 12.1 Å². The Balaban J connectivity index is 2.94. The van der Waals surface area contributed by atoms with E-state index in [1.807, 2.05) is 0 Å². The van der Waals surface area contributed by atoms with Crippen molar-refractivity contribution < 1.29 is 9.90 Å². The van der Waals surface area contributed by atoms with Crippen LogP contribution in [0.25, 0.3) is 0 Å². The molecule has 0 bridgehead atoms. The predicted octanol–water partition coefficient (Wildman–Crippen LogP) is 1.99. The molecule has 1 N–H and O–H groups in total. The lowest BCUT2D eigenvalue weighted by Gasteiger charge is -2.09. The molecule has 0 unspecified atom stereocenters. The molecular formula is C8H6Cl2O2. The van der Waals surface area contributed by atoms with Crippen molar-refractivity contribution in [2.45, 2.75) is 4.52 Å². The zero-order chi connectivity index (χ0) is 9.19. The van der Waals surface area contributed by atoms with Gasteiger partial charge in [-0.2, -0.15) is 0 Å². The Hall–Kier alpha value is -0.570. The first-order valence-electron chi connectivity index (χ1n) is 3.22. The summed E-state index contributed by atoms with van der Waals surface area (Å²) in [5.41, 5.74) is 0.282. The summed E-state index contributed by atoms with van der Waals surface area (Å²) >= 11 is 10.4. The van der Waals surface area contributed by atoms with E-state index in [0.717, 1.165) is 0 Å². The number of ketones is 1. The van der Waals surface area contributed by atoms with Gasteiger partial charge in [0, 0.05) is 5.56 Å². The summed E-state index contributed by atoms with van der Waals surface area (Å²) in [6, 6.07) is 8.12. The number of carbonyl (C=O) groups excluding carboxylic acids is 1. The maximum atomic E-state index is 11.2. The van der Waals surface area contributed by atoms with Crippen LogP contribution in [0.4, 0.5) is 0 Å². The summed E-state index contributed by atoms with van der Waals surface area (Å²) in [5, 5.41) is 8.92. The number of aliphatic hydroxyl groups is 1. The molecule has 0 saturated carbocycles. The SMILES string of the molecule is O=C(c1ccccc1)C(O)(Cl)Cl. The molecule has 0 atom stereocenters. The van der Waals surface area contributed by atoms with Gasteiger partial charge in [0.15, 0.2) is 0 Å². The van der Waals surface area contributed by atoms with Crippen molar-refractivity contribution in [2.75, 3.05) is 0 Å². The average Bonchev–Trinajstić information content (AvgIpc) is 2.03. The molecule has 0 heterocycles. The molecule has 0 aromatic heterocycles. The van der Waals surface area contributed by atoms with Crippen LogP contribution in [-0.2, 0) is 0 Å². The van der Waals surface area contributed by atoms with Gasteiger partial charge >= 0.3 is 0 Å². The van der Waals surface area contributed by atoms with Crippen LogP contribution in [0.15, 0.2) is 30.3 Å². The summed E-state index contributed by atoms with van der Waals surface area (Å²) in [6.45, 7) is 0. The molecule has 0 amide bonds. The van der Waals surface area contributed by atoms with E-state index in [4.69, 9.17) is 28.3 Å². The van der Waals surface area contributed by atoms with E-state index in [2.05, 4.69) is 0 Å². The third kappa shape index (κ3) is 2.21. The number of hydrogen-bond donors (Lipinski definition) is 1. The molecule has 0 fully saturated rings. The number of carbonyl (C=O) groups is 1. The van der Waals surface area contributed by atoms with Crippen molar-refractivity contribution in [3.63, 3.8) is 0 Å². The smallest absolute Gasteiger partial charge is 0.280 e. The highest BCUT2D eigenvalue weighted by Crippen LogP contribution is 2.21. The molecule has 2 nitrogen and oxygen atoms in total. The monoisotopic (exact) mass is 204 g/mol. The first kappa shape index (κ1) is 9.52. The van der Waals surface area contributed by atoms with Crippen molar-refractivity contribution in [1.29, 1.82) is 0 Å². The van der Waals surface area contributed by atoms with Crippen molar-refractivity contribution >= 4 is 29.0 Å². The van der Waals surface area contributed by atoms with Crippen molar-refractivity contribution in [1.82, 2.24) is 0 Å². The van der Waals surface area contributed by atoms with Gasteiger partial charge in [-0.25, -0.2) is 0 Å². The second kappa shape index (κ2) is 3.44. The fourth-order valence-corrected chi connectivity index (χ4v) is 0.981. The Bertz CT molecular complexity index is 277. The highest BCUT2D eigenvalue weighted by Gasteiger charge is 2.30. The van der Waals surface area contributed by atoms with E-state index in [-0.39, 0.29) is 5.56 Å². The molecule has 4 heteroatoms. The van der Waals surface area contributed by atoms with Crippen LogP contribution >= 0.6 is 23.2 Å². The number of rotatable bonds is 2. The third-order valence-electron chi connectivity index (χ3n) is 1.31. The lowest BCUT2D eigenvalue weighted by molar-refractivity contribution is 0.0806. The van der Waals surface area contributed by atoms with Gasteiger partial charge in [0.25, 0.3) is 4.52 Å². The number of Topliss-reactive ketones (excluding diaryl/α,β-unsaturated/α-hetero) is 1. The van der Waals surface area contributed by atoms with Gasteiger partial charge in [-0.15, -0.1) is 0 Å². The van der Waals surface area contributed by atoms with E-state index in [0.29, 0.717) is 0 Å². The second-order valence-electron chi connectivity index (χ2n) is 2.24. The van der Waals surface area contributed by atoms with E-state index in [1.54, 1.807) is 18.2 Å². The molecule has 0 spiro atoms. The summed E-state index contributed by atoms with van der Waals surface area (Å²) in [6.07, 6.45) is 0. The van der Waals surface area contributed by atoms with Gasteiger partial charge < -0.3 is 5.11 Å². The van der Waals surface area contributed by atoms with E-state index in [9.17, 15) is 4.79 Å². The van der Waals surface area contributed by atoms with Crippen LogP contribution in [0.5, 0.6) is 0 Å². The molecule has 0 radical (unpaired) electrons. The largest absolute Gasteiger partial charge is 0.356 e. The van der Waals surface area contributed by atoms with E-state index >= 15 is 0 Å². The Morgan fingerprint density at radius 3 is 2.17 bits per heavy atom. The van der Waals surface area contributed by atoms with Crippen molar-refractivity contribution in [2.24, 2.45) is 0 Å². The molecule has 0 saturated heterocycles. The quantitative estimate of drug-likeness (QED) is 0.592. The van der Waals surface area contributed by atoms with Gasteiger partial charge in [0.05, 0.1) is 0 Å². The van der Waals surface area contributed by atoms with Crippen LogP contribution in [-0.4, -0.2) is 15.4 Å². The normalized spacial score (nSPS) is 11.2. The lowest BCUT2D eigenvalue weighted by Crippen LogP contribution is -2.24. The predicted molar refractivity (Wildman–Crippen MR) is 47.4 cm³/mol. The minimum Gasteiger partial charge on any atom is -0.356 e. The van der Waals surface area contributed by atoms with Gasteiger partial charge in [-0.3, -0.25) is 4.79 Å². The van der Waals surface area contributed by atoms with Crippen molar-refractivity contribution in [3.05, 3.63) is 35.9 Å². The maximum Gasteiger partial charge on any atom is 0.280 e. The fraction of sp³-hybridized carbons (Fsp3) is 0.125. The highest BCUT2D eigenvalue weighted by molar-refractivity contribution is 6.58. The minimum atomic E-state index is -2.33. The number of benzene rings is 1. The fourth-order valence-electron chi connectivity index (χ4n) is 0.763. The molecule has 1 aromatic rings. The molecule has 0 aliphatic heterocycles. The Morgan fingerprint density at radius 1 is 1.25 bits per heavy atom.